The van der Waals surface area contributed by atoms with Gasteiger partial charge in [0, 0.05) is 12.1 Å². The Bertz CT molecular complexity index is 599. The summed E-state index contributed by atoms with van der Waals surface area (Å²) in [6.45, 7) is 2.21. The van der Waals surface area contributed by atoms with E-state index in [0.717, 1.165) is 0 Å². The second-order valence-electron chi connectivity index (χ2n) is 4.77. The van der Waals surface area contributed by atoms with E-state index >= 15 is 0 Å². The van der Waals surface area contributed by atoms with Crippen molar-refractivity contribution in [2.45, 2.75) is 25.5 Å². The van der Waals surface area contributed by atoms with E-state index in [9.17, 15) is 9.50 Å². The molecule has 2 atom stereocenters. The van der Waals surface area contributed by atoms with E-state index in [4.69, 9.17) is 4.52 Å². The Hall–Kier alpha value is -1.79. The fourth-order valence-corrected chi connectivity index (χ4v) is 2.13. The van der Waals surface area contributed by atoms with Crippen LogP contribution in [0.2, 0.25) is 0 Å². The third-order valence-corrected chi connectivity index (χ3v) is 3.28. The van der Waals surface area contributed by atoms with Gasteiger partial charge in [-0.25, -0.2) is 4.39 Å². The lowest BCUT2D eigenvalue weighted by molar-refractivity contribution is 0.191. The summed E-state index contributed by atoms with van der Waals surface area (Å²) in [5.41, 5.74) is 1.16. The zero-order valence-electron chi connectivity index (χ0n) is 10.4. The topological polar surface area (TPSA) is 71.2 Å². The van der Waals surface area contributed by atoms with Crippen LogP contribution in [0.5, 0.6) is 0 Å². The van der Waals surface area contributed by atoms with Crippen LogP contribution in [0.4, 0.5) is 4.39 Å². The van der Waals surface area contributed by atoms with Crippen molar-refractivity contribution in [2.24, 2.45) is 0 Å². The van der Waals surface area contributed by atoms with Crippen LogP contribution in [0.25, 0.3) is 11.4 Å². The van der Waals surface area contributed by atoms with Crippen molar-refractivity contribution in [3.8, 4) is 11.4 Å². The van der Waals surface area contributed by atoms with Gasteiger partial charge in [0.25, 0.3) is 0 Å². The van der Waals surface area contributed by atoms with Crippen molar-refractivity contribution in [1.82, 2.24) is 15.5 Å². The van der Waals surface area contributed by atoms with Crippen LogP contribution in [0.15, 0.2) is 22.7 Å². The fraction of sp³-hybridized carbons (Fsp3) is 0.385. The van der Waals surface area contributed by atoms with Crippen molar-refractivity contribution in [3.63, 3.8) is 0 Å². The number of aliphatic hydroxyl groups excluding tert-OH is 1. The first kappa shape index (κ1) is 12.3. The molecule has 5 nitrogen and oxygen atoms in total. The lowest BCUT2D eigenvalue weighted by Gasteiger charge is -2.01. The summed E-state index contributed by atoms with van der Waals surface area (Å²) in [5, 5.41) is 16.4. The van der Waals surface area contributed by atoms with Crippen LogP contribution >= 0.6 is 0 Å². The number of hydrogen-bond donors (Lipinski definition) is 2. The highest BCUT2D eigenvalue weighted by Crippen LogP contribution is 2.25. The number of halogens is 1. The Morgan fingerprint density at radius 2 is 2.32 bits per heavy atom. The predicted octanol–water partition coefficient (Wildman–Crippen LogP) is 1.58. The molecule has 1 fully saturated rings. The monoisotopic (exact) mass is 263 g/mol. The molecule has 19 heavy (non-hydrogen) atoms. The molecule has 1 saturated heterocycles. The maximum Gasteiger partial charge on any atom is 0.244 e. The van der Waals surface area contributed by atoms with E-state index in [1.54, 1.807) is 19.1 Å². The van der Waals surface area contributed by atoms with Crippen molar-refractivity contribution in [3.05, 3.63) is 35.5 Å². The molecular weight excluding hydrogens is 249 g/mol. The summed E-state index contributed by atoms with van der Waals surface area (Å²) in [6.07, 6.45) is 0.154. The summed E-state index contributed by atoms with van der Waals surface area (Å²) < 4.78 is 18.7. The standard InChI is InChI=1S/C13H14FN3O2/c1-7-2-3-8(4-10(7)14)12-16-13(19-17-12)11-5-9(18)6-15-11/h2-4,9,11,15,18H,5-6H2,1H3/t9-,11+/m0/s1. The molecule has 1 aliphatic heterocycles. The second-order valence-corrected chi connectivity index (χ2v) is 4.77. The van der Waals surface area contributed by atoms with E-state index in [2.05, 4.69) is 15.5 Å². The third kappa shape index (κ3) is 2.36. The summed E-state index contributed by atoms with van der Waals surface area (Å²) in [4.78, 5) is 4.25. The third-order valence-electron chi connectivity index (χ3n) is 3.28. The number of benzene rings is 1. The van der Waals surface area contributed by atoms with E-state index in [1.165, 1.54) is 6.07 Å². The highest BCUT2D eigenvalue weighted by atomic mass is 19.1. The van der Waals surface area contributed by atoms with Crippen LogP contribution in [0.3, 0.4) is 0 Å². The van der Waals surface area contributed by atoms with E-state index in [-0.39, 0.29) is 11.9 Å². The van der Waals surface area contributed by atoms with Gasteiger partial charge >= 0.3 is 0 Å². The van der Waals surface area contributed by atoms with Crippen LogP contribution in [0, 0.1) is 12.7 Å². The molecule has 1 aromatic heterocycles. The number of hydrogen-bond acceptors (Lipinski definition) is 5. The van der Waals surface area contributed by atoms with Gasteiger partial charge in [-0.3, -0.25) is 0 Å². The minimum atomic E-state index is -0.392. The SMILES string of the molecule is Cc1ccc(-c2noc([C@H]3C[C@H](O)CN3)n2)cc1F. The molecule has 0 spiro atoms. The van der Waals surface area contributed by atoms with E-state index in [0.29, 0.717) is 35.8 Å². The Kier molecular flexibility index (Phi) is 3.04. The minimum Gasteiger partial charge on any atom is -0.392 e. The molecule has 0 aliphatic carbocycles. The molecule has 0 amide bonds. The fourth-order valence-electron chi connectivity index (χ4n) is 2.13. The van der Waals surface area contributed by atoms with Crippen LogP contribution < -0.4 is 5.32 Å². The number of aromatic nitrogens is 2. The normalized spacial score (nSPS) is 22.9. The zero-order chi connectivity index (χ0) is 13.4. The van der Waals surface area contributed by atoms with Gasteiger partial charge in [0.15, 0.2) is 0 Å². The number of rotatable bonds is 2. The van der Waals surface area contributed by atoms with Gasteiger partial charge in [-0.2, -0.15) is 4.98 Å². The summed E-state index contributed by atoms with van der Waals surface area (Å²) in [7, 11) is 0. The summed E-state index contributed by atoms with van der Waals surface area (Å²) >= 11 is 0. The molecule has 1 aliphatic rings. The summed E-state index contributed by atoms with van der Waals surface area (Å²) in [6, 6.07) is 4.69. The molecule has 1 aromatic carbocycles. The van der Waals surface area contributed by atoms with Crippen molar-refractivity contribution in [1.29, 1.82) is 0 Å². The van der Waals surface area contributed by atoms with Crippen LogP contribution in [0.1, 0.15) is 23.9 Å². The zero-order valence-corrected chi connectivity index (χ0v) is 10.4. The van der Waals surface area contributed by atoms with Gasteiger partial charge in [0.05, 0.1) is 12.1 Å². The van der Waals surface area contributed by atoms with E-state index < -0.39 is 6.10 Å². The number of β-amino-alcohol motifs (C(OH)–C–C–N with tert-alkyl or cyclic N) is 1. The molecule has 6 heteroatoms. The largest absolute Gasteiger partial charge is 0.392 e. The average Bonchev–Trinajstić information content (AvgIpc) is 3.01. The van der Waals surface area contributed by atoms with Gasteiger partial charge in [0.2, 0.25) is 11.7 Å². The van der Waals surface area contributed by atoms with Crippen LogP contribution in [-0.4, -0.2) is 27.9 Å². The first-order chi connectivity index (χ1) is 9.13. The number of aliphatic hydroxyl groups is 1. The van der Waals surface area contributed by atoms with Gasteiger partial charge in [0.1, 0.15) is 5.82 Å². The molecule has 0 radical (unpaired) electrons. The predicted molar refractivity (Wildman–Crippen MR) is 65.8 cm³/mol. The molecule has 0 saturated carbocycles. The highest BCUT2D eigenvalue weighted by Gasteiger charge is 2.28. The Labute approximate surface area is 109 Å². The Morgan fingerprint density at radius 1 is 1.47 bits per heavy atom. The molecule has 2 N–H and O–H groups in total. The van der Waals surface area contributed by atoms with Crippen molar-refractivity contribution >= 4 is 0 Å². The number of aryl methyl sites for hydroxylation is 1. The Morgan fingerprint density at radius 3 is 3.00 bits per heavy atom. The van der Waals surface area contributed by atoms with Gasteiger partial charge < -0.3 is 14.9 Å². The van der Waals surface area contributed by atoms with Crippen molar-refractivity contribution in [2.75, 3.05) is 6.54 Å². The molecule has 2 heterocycles. The van der Waals surface area contributed by atoms with Crippen LogP contribution in [-0.2, 0) is 0 Å². The summed E-state index contributed by atoms with van der Waals surface area (Å²) in [5.74, 6) is 0.489. The molecule has 0 bridgehead atoms. The first-order valence-corrected chi connectivity index (χ1v) is 6.15. The smallest absolute Gasteiger partial charge is 0.244 e. The van der Waals surface area contributed by atoms with Gasteiger partial charge in [-0.05, 0) is 25.0 Å². The van der Waals surface area contributed by atoms with Gasteiger partial charge in [-0.15, -0.1) is 0 Å². The molecule has 3 rings (SSSR count). The lowest BCUT2D eigenvalue weighted by Crippen LogP contribution is -2.15. The lowest BCUT2D eigenvalue weighted by atomic mass is 10.1. The van der Waals surface area contributed by atoms with Crippen molar-refractivity contribution < 1.29 is 14.0 Å². The molecular formula is C13H14FN3O2. The first-order valence-electron chi connectivity index (χ1n) is 6.15. The second kappa shape index (κ2) is 4.71. The van der Waals surface area contributed by atoms with Gasteiger partial charge in [-0.1, -0.05) is 17.3 Å². The molecule has 100 valence electrons. The number of nitrogens with zero attached hydrogens (tertiary/aromatic N) is 2. The maximum absolute atomic E-state index is 13.5. The van der Waals surface area contributed by atoms with E-state index in [1.807, 2.05) is 0 Å². The molecule has 2 aromatic rings. The number of nitrogens with one attached hydrogen (secondary N) is 1. The average molecular weight is 263 g/mol. The molecule has 0 unspecified atom stereocenters. The maximum atomic E-state index is 13.5. The minimum absolute atomic E-state index is 0.133. The highest BCUT2D eigenvalue weighted by molar-refractivity contribution is 5.55. The quantitative estimate of drug-likeness (QED) is 0.860. The Balaban J connectivity index is 1.86.